The van der Waals surface area contributed by atoms with E-state index in [2.05, 4.69) is 9.47 Å². The largest absolute Gasteiger partial charge is 0.385 e. The minimum atomic E-state index is -8.85. The number of ether oxygens (including phenoxy) is 2. The van der Waals surface area contributed by atoms with Crippen LogP contribution < -0.4 is 0 Å². The van der Waals surface area contributed by atoms with Crippen LogP contribution in [-0.2, 0) is 9.47 Å². The van der Waals surface area contributed by atoms with E-state index >= 15 is 0 Å². The van der Waals surface area contributed by atoms with Crippen LogP contribution in [0.4, 0.5) is 83.4 Å². The molecule has 1 saturated heterocycles. The Morgan fingerprint density at radius 1 is 0.571 bits per heavy atom. The SMILES string of the molecule is FC(F)C(F)(F)C(F)(F)C(F)(F)C(F)(F)C(F)(F)C(F)(F)C(F)(F)C(F)(F)C(F)COCC1CO1. The van der Waals surface area contributed by atoms with E-state index in [4.69, 9.17) is 0 Å². The molecule has 0 saturated carbocycles. The van der Waals surface area contributed by atoms with Crippen LogP contribution in [0.5, 0.6) is 0 Å². The van der Waals surface area contributed by atoms with Crippen LogP contribution in [-0.4, -0.2) is 85.9 Å². The van der Waals surface area contributed by atoms with Crippen molar-refractivity contribution in [2.45, 2.75) is 66.1 Å². The third-order valence-corrected chi connectivity index (χ3v) is 4.45. The lowest BCUT2D eigenvalue weighted by Crippen LogP contribution is -2.75. The average molecular weight is 570 g/mol. The highest BCUT2D eigenvalue weighted by Gasteiger charge is 2.95. The minimum absolute atomic E-state index is 0.133. The van der Waals surface area contributed by atoms with Gasteiger partial charge in [-0.15, -0.1) is 0 Å². The van der Waals surface area contributed by atoms with Crippen molar-refractivity contribution in [2.75, 3.05) is 19.8 Å². The summed E-state index contributed by atoms with van der Waals surface area (Å²) in [6.45, 7) is -3.31. The van der Waals surface area contributed by atoms with Gasteiger partial charge in [-0.3, -0.25) is 0 Å². The smallest absolute Gasteiger partial charge is 0.375 e. The topological polar surface area (TPSA) is 21.8 Å². The highest BCUT2D eigenvalue weighted by Crippen LogP contribution is 2.64. The molecule has 0 aromatic heterocycles. The molecule has 210 valence electrons. The van der Waals surface area contributed by atoms with Gasteiger partial charge in [0.15, 0.2) is 6.17 Å². The first-order valence-electron chi connectivity index (χ1n) is 8.33. The molecular weight excluding hydrogens is 561 g/mol. The van der Waals surface area contributed by atoms with Gasteiger partial charge >= 0.3 is 53.8 Å². The van der Waals surface area contributed by atoms with Gasteiger partial charge in [-0.25, -0.2) is 13.2 Å². The molecule has 0 amide bonds. The molecule has 0 radical (unpaired) electrons. The molecule has 2 atom stereocenters. The summed E-state index contributed by atoms with van der Waals surface area (Å²) in [5.74, 6) is -66.3. The van der Waals surface area contributed by atoms with Crippen molar-refractivity contribution >= 4 is 0 Å². The normalized spacial score (nSPS) is 20.4. The van der Waals surface area contributed by atoms with Gasteiger partial charge in [0, 0.05) is 0 Å². The van der Waals surface area contributed by atoms with Gasteiger partial charge in [-0.05, 0) is 0 Å². The Balaban J connectivity index is 3.45. The maximum absolute atomic E-state index is 13.6. The van der Waals surface area contributed by atoms with Crippen LogP contribution in [0, 0.1) is 0 Å². The van der Waals surface area contributed by atoms with Crippen molar-refractivity contribution in [3.8, 4) is 0 Å². The quantitative estimate of drug-likeness (QED) is 0.198. The summed E-state index contributed by atoms with van der Waals surface area (Å²) in [5, 5.41) is 0. The first kappa shape index (κ1) is 31.6. The Morgan fingerprint density at radius 2 is 0.886 bits per heavy atom. The summed E-state index contributed by atoms with van der Waals surface area (Å²) in [5.41, 5.74) is 0. The van der Waals surface area contributed by atoms with Crippen LogP contribution in [0.3, 0.4) is 0 Å². The Bertz CT molecular complexity index is 744. The number of epoxide rings is 1. The molecule has 1 aliphatic heterocycles. The zero-order valence-corrected chi connectivity index (χ0v) is 15.9. The molecule has 1 rings (SSSR count). The predicted octanol–water partition coefficient (Wildman–Crippen LogP) is 6.09. The van der Waals surface area contributed by atoms with E-state index in [-0.39, 0.29) is 6.61 Å². The second-order valence-electron chi connectivity index (χ2n) is 6.95. The number of hydrogen-bond acceptors (Lipinski definition) is 2. The fraction of sp³-hybridized carbons (Fsp3) is 1.00. The zero-order chi connectivity index (χ0) is 28.3. The second kappa shape index (κ2) is 8.86. The summed E-state index contributed by atoms with van der Waals surface area (Å²) < 4.78 is 259. The first-order valence-corrected chi connectivity index (χ1v) is 8.33. The molecule has 0 bridgehead atoms. The molecule has 0 aromatic rings. The molecule has 1 heterocycles. The Morgan fingerprint density at radius 3 is 1.20 bits per heavy atom. The first-order chi connectivity index (χ1) is 15.2. The molecule has 21 heteroatoms. The number of rotatable bonds is 13. The van der Waals surface area contributed by atoms with E-state index in [9.17, 15) is 83.4 Å². The fourth-order valence-corrected chi connectivity index (χ4v) is 2.11. The maximum atomic E-state index is 13.6. The molecule has 0 aromatic carbocycles. The summed E-state index contributed by atoms with van der Waals surface area (Å²) in [7, 11) is 0. The van der Waals surface area contributed by atoms with E-state index in [0.29, 0.717) is 0 Å². The van der Waals surface area contributed by atoms with Gasteiger partial charge in [0.2, 0.25) is 0 Å². The Hall–Kier alpha value is -1.41. The van der Waals surface area contributed by atoms with Crippen molar-refractivity contribution in [3.05, 3.63) is 0 Å². The molecule has 2 unspecified atom stereocenters. The van der Waals surface area contributed by atoms with E-state index in [1.807, 2.05) is 0 Å². The van der Waals surface area contributed by atoms with Crippen molar-refractivity contribution < 1.29 is 92.9 Å². The maximum Gasteiger partial charge on any atom is 0.385 e. The summed E-state index contributed by atoms with van der Waals surface area (Å²) in [4.78, 5) is 0. The van der Waals surface area contributed by atoms with Crippen LogP contribution in [0.1, 0.15) is 0 Å². The van der Waals surface area contributed by atoms with Gasteiger partial charge in [0.1, 0.15) is 6.10 Å². The average Bonchev–Trinajstić information content (AvgIpc) is 3.50. The van der Waals surface area contributed by atoms with Gasteiger partial charge < -0.3 is 9.47 Å². The number of hydrogen-bond donors (Lipinski definition) is 0. The van der Waals surface area contributed by atoms with Crippen LogP contribution >= 0.6 is 0 Å². The van der Waals surface area contributed by atoms with Gasteiger partial charge in [0.05, 0.1) is 19.8 Å². The molecule has 0 N–H and O–H groups in total. The molecular formula is C14H9F19O2. The van der Waals surface area contributed by atoms with E-state index in [0.717, 1.165) is 0 Å². The Kier molecular flexibility index (Phi) is 8.00. The Labute approximate surface area is 180 Å². The molecule has 0 spiro atoms. The van der Waals surface area contributed by atoms with Crippen molar-refractivity contribution in [1.82, 2.24) is 0 Å². The van der Waals surface area contributed by atoms with Crippen LogP contribution in [0.15, 0.2) is 0 Å². The fourth-order valence-electron chi connectivity index (χ4n) is 2.11. The molecule has 35 heavy (non-hydrogen) atoms. The second-order valence-corrected chi connectivity index (χ2v) is 6.95. The number of halogens is 19. The molecule has 2 nitrogen and oxygen atoms in total. The van der Waals surface area contributed by atoms with Crippen LogP contribution in [0.25, 0.3) is 0 Å². The molecule has 1 aliphatic rings. The summed E-state index contributed by atoms with van der Waals surface area (Å²) >= 11 is 0. The summed E-state index contributed by atoms with van der Waals surface area (Å²) in [6.07, 6.45) is -11.7. The lowest BCUT2D eigenvalue weighted by atomic mass is 9.87. The lowest BCUT2D eigenvalue weighted by Gasteiger charge is -2.43. The van der Waals surface area contributed by atoms with E-state index < -0.39 is 79.3 Å². The number of alkyl halides is 19. The minimum Gasteiger partial charge on any atom is -0.375 e. The predicted molar refractivity (Wildman–Crippen MR) is 71.0 cm³/mol. The standard InChI is InChI=1S/C14H9F19O2/c15-5(3-34-1-4-2-35-4)7(18,19)9(22,23)11(26,27)13(30,31)14(32,33)12(28,29)10(24,25)8(20,21)6(16)17/h4-6H,1-3H2. The third kappa shape index (κ3) is 4.47. The third-order valence-electron chi connectivity index (χ3n) is 4.45. The molecule has 1 fully saturated rings. The lowest BCUT2D eigenvalue weighted by molar-refractivity contribution is -0.459. The van der Waals surface area contributed by atoms with Gasteiger partial charge in [-0.1, -0.05) is 0 Å². The molecule has 0 aliphatic carbocycles. The highest BCUT2D eigenvalue weighted by molar-refractivity contribution is 5.16. The zero-order valence-electron chi connectivity index (χ0n) is 15.9. The monoisotopic (exact) mass is 570 g/mol. The van der Waals surface area contributed by atoms with Crippen molar-refractivity contribution in [2.24, 2.45) is 0 Å². The van der Waals surface area contributed by atoms with E-state index in [1.165, 1.54) is 0 Å². The van der Waals surface area contributed by atoms with Crippen molar-refractivity contribution in [3.63, 3.8) is 0 Å². The van der Waals surface area contributed by atoms with Gasteiger partial charge in [-0.2, -0.15) is 70.2 Å². The van der Waals surface area contributed by atoms with E-state index in [1.54, 1.807) is 0 Å². The van der Waals surface area contributed by atoms with Crippen LogP contribution in [0.2, 0.25) is 0 Å². The highest BCUT2D eigenvalue weighted by atomic mass is 19.4. The van der Waals surface area contributed by atoms with Gasteiger partial charge in [0.25, 0.3) is 0 Å². The van der Waals surface area contributed by atoms with Crippen molar-refractivity contribution in [1.29, 1.82) is 0 Å². The summed E-state index contributed by atoms with van der Waals surface area (Å²) in [6, 6.07) is 0.